The number of nitrogens with zero attached hydrogens (tertiary/aromatic N) is 3. The van der Waals surface area contributed by atoms with Crippen LogP contribution in [-0.4, -0.2) is 14.1 Å². The van der Waals surface area contributed by atoms with E-state index in [1.807, 2.05) is 0 Å². The van der Waals surface area contributed by atoms with E-state index in [1.165, 1.54) is 71.9 Å². The quantitative estimate of drug-likeness (QED) is 0.165. The predicted octanol–water partition coefficient (Wildman–Crippen LogP) is 14.1. The van der Waals surface area contributed by atoms with E-state index >= 15 is 0 Å². The van der Waals surface area contributed by atoms with E-state index in [-0.39, 0.29) is 0 Å². The van der Waals surface area contributed by atoms with Gasteiger partial charge in [-0.3, -0.25) is 4.57 Å². The van der Waals surface area contributed by atoms with Crippen LogP contribution in [-0.2, 0) is 5.41 Å². The summed E-state index contributed by atoms with van der Waals surface area (Å²) >= 11 is 0. The first kappa shape index (κ1) is 34.3. The summed E-state index contributed by atoms with van der Waals surface area (Å²) in [5.41, 5.74) is 18.6. The van der Waals surface area contributed by atoms with Crippen molar-refractivity contribution in [1.82, 2.24) is 14.1 Å². The molecule has 60 heavy (non-hydrogen) atoms. The third-order valence-corrected chi connectivity index (χ3v) is 12.7. The number of para-hydroxylation sites is 5. The Morgan fingerprint density at radius 1 is 0.383 bits per heavy atom. The Bertz CT molecular complexity index is 3410. The van der Waals surface area contributed by atoms with Crippen LogP contribution in [0.4, 0.5) is 0 Å². The van der Waals surface area contributed by atoms with Crippen LogP contribution in [0.15, 0.2) is 218 Å². The molecule has 2 heterocycles. The summed E-state index contributed by atoms with van der Waals surface area (Å²) < 4.78 is 4.66. The molecule has 282 valence electrons. The first-order valence-electron chi connectivity index (χ1n) is 20.7. The summed E-state index contributed by atoms with van der Waals surface area (Å²) in [5, 5.41) is 2.50. The highest BCUT2D eigenvalue weighted by Gasteiger charge is 2.46. The van der Waals surface area contributed by atoms with Crippen molar-refractivity contribution in [2.45, 2.75) is 12.3 Å². The van der Waals surface area contributed by atoms with E-state index in [1.54, 1.807) is 0 Å². The van der Waals surface area contributed by atoms with Crippen molar-refractivity contribution in [2.24, 2.45) is 0 Å². The number of benzene rings is 9. The zero-order valence-electron chi connectivity index (χ0n) is 33.1. The highest BCUT2D eigenvalue weighted by molar-refractivity contribution is 6.10. The first-order chi connectivity index (χ1) is 29.7. The van der Waals surface area contributed by atoms with Gasteiger partial charge in [-0.1, -0.05) is 163 Å². The van der Waals surface area contributed by atoms with E-state index in [0.717, 1.165) is 33.8 Å². The molecule has 12 rings (SSSR count). The minimum Gasteiger partial charge on any atom is -0.309 e. The van der Waals surface area contributed by atoms with Crippen LogP contribution in [0.3, 0.4) is 0 Å². The fourth-order valence-electron chi connectivity index (χ4n) is 9.99. The van der Waals surface area contributed by atoms with Gasteiger partial charge in [0.2, 0.25) is 0 Å². The van der Waals surface area contributed by atoms with Crippen LogP contribution >= 0.6 is 0 Å². The Morgan fingerprint density at radius 2 is 0.967 bits per heavy atom. The van der Waals surface area contributed by atoms with E-state index < -0.39 is 5.41 Å². The second-order valence-corrected chi connectivity index (χ2v) is 16.0. The van der Waals surface area contributed by atoms with E-state index in [4.69, 9.17) is 4.98 Å². The highest BCUT2D eigenvalue weighted by Crippen LogP contribution is 2.57. The number of fused-ring (bicyclic) bond motifs is 7. The van der Waals surface area contributed by atoms with Gasteiger partial charge in [-0.05, 0) is 112 Å². The lowest BCUT2D eigenvalue weighted by Gasteiger charge is -2.34. The van der Waals surface area contributed by atoms with Crippen molar-refractivity contribution >= 4 is 32.8 Å². The van der Waals surface area contributed by atoms with Gasteiger partial charge in [-0.2, -0.15) is 0 Å². The fourth-order valence-corrected chi connectivity index (χ4v) is 9.99. The predicted molar refractivity (Wildman–Crippen MR) is 248 cm³/mol. The topological polar surface area (TPSA) is 22.8 Å². The van der Waals surface area contributed by atoms with Crippen molar-refractivity contribution < 1.29 is 0 Å². The second-order valence-electron chi connectivity index (χ2n) is 16.0. The molecule has 1 unspecified atom stereocenters. The lowest BCUT2D eigenvalue weighted by molar-refractivity contribution is 0.769. The van der Waals surface area contributed by atoms with Gasteiger partial charge in [0.05, 0.1) is 27.5 Å². The van der Waals surface area contributed by atoms with Crippen molar-refractivity contribution in [1.29, 1.82) is 0 Å². The highest BCUT2D eigenvalue weighted by atomic mass is 15.1. The molecule has 3 nitrogen and oxygen atoms in total. The molecular formula is C57H39N3. The maximum absolute atomic E-state index is 5.13. The third-order valence-electron chi connectivity index (χ3n) is 12.7. The van der Waals surface area contributed by atoms with Gasteiger partial charge >= 0.3 is 0 Å². The minimum absolute atomic E-state index is 0.525. The molecule has 0 radical (unpaired) electrons. The lowest BCUT2D eigenvalue weighted by Crippen LogP contribution is -2.28. The Hall–Kier alpha value is -7.75. The second kappa shape index (κ2) is 13.4. The Balaban J connectivity index is 1.03. The molecule has 1 aliphatic carbocycles. The summed E-state index contributed by atoms with van der Waals surface area (Å²) in [6.07, 6.45) is 0. The Labute approximate surface area is 349 Å². The summed E-state index contributed by atoms with van der Waals surface area (Å²) in [5.74, 6) is 0.934. The molecule has 9 aromatic carbocycles. The number of imidazole rings is 1. The zero-order valence-corrected chi connectivity index (χ0v) is 33.1. The number of aromatic nitrogens is 3. The van der Waals surface area contributed by atoms with Crippen LogP contribution in [0.1, 0.15) is 27.8 Å². The first-order valence-corrected chi connectivity index (χ1v) is 20.7. The molecule has 0 saturated carbocycles. The lowest BCUT2D eigenvalue weighted by atomic mass is 9.67. The third kappa shape index (κ3) is 5.06. The molecule has 1 aliphatic rings. The largest absolute Gasteiger partial charge is 0.309 e. The SMILES string of the molecule is Cc1ccc(C2(c3ccc4c(c3)c3ccccc3n4-c3ccccc3)c3ccccc3-c3cc(-c4ccc(-c5nc6ccccc6n5-c5ccccc5)cc4)ccc32)cc1. The average Bonchev–Trinajstić information content (AvgIpc) is 3.96. The maximum atomic E-state index is 5.13. The summed E-state index contributed by atoms with van der Waals surface area (Å²) in [4.78, 5) is 5.13. The van der Waals surface area contributed by atoms with Gasteiger partial charge in [0.1, 0.15) is 5.82 Å². The molecular weight excluding hydrogens is 727 g/mol. The van der Waals surface area contributed by atoms with Gasteiger partial charge in [-0.25, -0.2) is 4.98 Å². The van der Waals surface area contributed by atoms with Gasteiger partial charge in [0, 0.05) is 27.7 Å². The molecule has 11 aromatic rings. The molecule has 1 atom stereocenters. The Kier molecular flexibility index (Phi) is 7.66. The summed E-state index contributed by atoms with van der Waals surface area (Å²) in [6, 6.07) is 79.9. The van der Waals surface area contributed by atoms with E-state index in [0.29, 0.717) is 0 Å². The van der Waals surface area contributed by atoms with Crippen molar-refractivity contribution in [2.75, 3.05) is 0 Å². The number of hydrogen-bond donors (Lipinski definition) is 0. The van der Waals surface area contributed by atoms with Gasteiger partial charge < -0.3 is 4.57 Å². The van der Waals surface area contributed by atoms with Gasteiger partial charge in [0.25, 0.3) is 0 Å². The molecule has 0 bridgehead atoms. The smallest absolute Gasteiger partial charge is 0.145 e. The van der Waals surface area contributed by atoms with Crippen molar-refractivity contribution in [3.63, 3.8) is 0 Å². The molecule has 3 heteroatoms. The average molecular weight is 766 g/mol. The minimum atomic E-state index is -0.525. The number of hydrogen-bond acceptors (Lipinski definition) is 1. The number of aryl methyl sites for hydroxylation is 1. The van der Waals surface area contributed by atoms with Gasteiger partial charge in [-0.15, -0.1) is 0 Å². The summed E-state index contributed by atoms with van der Waals surface area (Å²) in [7, 11) is 0. The fraction of sp³-hybridized carbons (Fsp3) is 0.0351. The summed E-state index contributed by atoms with van der Waals surface area (Å²) in [6.45, 7) is 2.17. The van der Waals surface area contributed by atoms with Crippen LogP contribution in [0.5, 0.6) is 0 Å². The standard InChI is InChI=1S/C57H39N3/c1-38-24-31-42(32-25-38)57(43-33-35-54-49(37-43)47-19-9-12-22-53(47)59(54)44-14-4-2-5-15-44)50-20-10-8-18-46(50)48-36-41(30-34-51(48)57)39-26-28-40(29-27-39)56-58-52-21-11-13-23-55(52)60(56)45-16-6-3-7-17-45/h2-37H,1H3. The molecule has 0 N–H and O–H groups in total. The van der Waals surface area contributed by atoms with Crippen LogP contribution in [0.25, 0.3) is 77.9 Å². The molecule has 0 saturated heterocycles. The molecule has 0 amide bonds. The maximum Gasteiger partial charge on any atom is 0.145 e. The van der Waals surface area contributed by atoms with Gasteiger partial charge in [0.15, 0.2) is 0 Å². The van der Waals surface area contributed by atoms with Crippen LogP contribution in [0, 0.1) is 6.92 Å². The zero-order chi connectivity index (χ0) is 39.8. The van der Waals surface area contributed by atoms with Crippen LogP contribution in [0.2, 0.25) is 0 Å². The molecule has 2 aromatic heterocycles. The van der Waals surface area contributed by atoms with Crippen molar-refractivity contribution in [3.05, 3.63) is 246 Å². The Morgan fingerprint density at radius 3 is 1.75 bits per heavy atom. The molecule has 0 fully saturated rings. The number of rotatable bonds is 6. The van der Waals surface area contributed by atoms with Crippen LogP contribution < -0.4 is 0 Å². The molecule has 0 aliphatic heterocycles. The monoisotopic (exact) mass is 765 g/mol. The normalized spacial score (nSPS) is 14.5. The molecule has 0 spiro atoms. The van der Waals surface area contributed by atoms with E-state index in [2.05, 4.69) is 234 Å². The van der Waals surface area contributed by atoms with E-state index in [9.17, 15) is 0 Å². The van der Waals surface area contributed by atoms with Crippen molar-refractivity contribution in [3.8, 4) is 45.0 Å².